The molecule has 0 aliphatic carbocycles. The van der Waals surface area contributed by atoms with Gasteiger partial charge in [-0.3, -0.25) is 0 Å². The largest absolute Gasteiger partial charge is 0.0630 e. The molecular formula is C42H28. The van der Waals surface area contributed by atoms with Gasteiger partial charge in [0.2, 0.25) is 0 Å². The van der Waals surface area contributed by atoms with Crippen LogP contribution in [-0.4, -0.2) is 0 Å². The molecule has 0 aliphatic rings. The molecule has 0 heterocycles. The van der Waals surface area contributed by atoms with Gasteiger partial charge in [0.15, 0.2) is 0 Å². The van der Waals surface area contributed by atoms with Gasteiger partial charge in [0.1, 0.15) is 0 Å². The first kappa shape index (κ1) is 9.54. The molecule has 0 saturated heterocycles. The van der Waals surface area contributed by atoms with Gasteiger partial charge in [0.05, 0.1) is 35.6 Å². The van der Waals surface area contributed by atoms with E-state index in [0.29, 0.717) is 0 Å². The van der Waals surface area contributed by atoms with E-state index in [2.05, 4.69) is 0 Å². The van der Waals surface area contributed by atoms with E-state index in [1.165, 1.54) is 0 Å². The third-order valence-corrected chi connectivity index (χ3v) is 6.60. The fourth-order valence-electron chi connectivity index (χ4n) is 4.85. The van der Waals surface area contributed by atoms with Crippen molar-refractivity contribution in [2.45, 2.75) is 0 Å². The van der Waals surface area contributed by atoms with Crippen LogP contribution in [0.5, 0.6) is 0 Å². The maximum Gasteiger partial charge on any atom is 0.0630 e. The summed E-state index contributed by atoms with van der Waals surface area (Å²) in [6, 6.07) is -21.1. The lowest BCUT2D eigenvalue weighted by Crippen LogP contribution is -1.92. The van der Waals surface area contributed by atoms with E-state index in [9.17, 15) is 12.3 Å². The number of benzene rings is 8. The summed E-state index contributed by atoms with van der Waals surface area (Å²) in [7, 11) is 0. The van der Waals surface area contributed by atoms with Crippen molar-refractivity contribution >= 4 is 32.3 Å². The molecule has 0 bridgehead atoms. The molecule has 0 N–H and O–H groups in total. The van der Waals surface area contributed by atoms with Gasteiger partial charge in [-0.1, -0.05) is 169 Å². The van der Waals surface area contributed by atoms with Gasteiger partial charge >= 0.3 is 0 Å². The van der Waals surface area contributed by atoms with Crippen molar-refractivity contribution in [2.75, 3.05) is 0 Å². The molecule has 0 nitrogen and oxygen atoms in total. The quantitative estimate of drug-likeness (QED) is 0.188. The molecule has 42 heavy (non-hydrogen) atoms. The van der Waals surface area contributed by atoms with Crippen LogP contribution in [0.15, 0.2) is 169 Å². The highest BCUT2D eigenvalue weighted by Gasteiger charge is 2.18. The molecule has 0 aliphatic heterocycles. The summed E-state index contributed by atoms with van der Waals surface area (Å²) in [4.78, 5) is 0. The van der Waals surface area contributed by atoms with Crippen LogP contribution in [0.2, 0.25) is 0 Å². The standard InChI is InChI=1S/C42H28/c1-3-13-29(14-4-1)30-23-25-32(26-24-30)41-36-19-9-11-21-38(36)42(39-22-12-10-20-37(39)41)40-28-27-33(31-15-5-2-6-16-31)34-17-7-8-18-35(34)40/h1-28H/i1D,2D,3D,4D,5D,6D,9D,10D,11D,12D,13D,14D,15D,16D,17D,18D,19D,20D,21D,22D,23D,24D,25D,26D,27D,28D. The minimum absolute atomic E-state index is 0.457. The Morgan fingerprint density at radius 3 is 1.24 bits per heavy atom. The zero-order chi connectivity index (χ0) is 50.5. The molecule has 8 rings (SSSR count). The first-order chi connectivity index (χ1) is 31.7. The van der Waals surface area contributed by atoms with Crippen LogP contribution < -0.4 is 0 Å². The molecule has 8 aromatic rings. The number of fused-ring (bicyclic) bond motifs is 3. The predicted molar refractivity (Wildman–Crippen MR) is 181 cm³/mol. The van der Waals surface area contributed by atoms with Gasteiger partial charge in [-0.25, -0.2) is 0 Å². The average molecular weight is 559 g/mol. The van der Waals surface area contributed by atoms with E-state index in [1.54, 1.807) is 0 Å². The highest BCUT2D eigenvalue weighted by Crippen LogP contribution is 2.46. The second-order valence-corrected chi connectivity index (χ2v) is 8.87. The summed E-state index contributed by atoms with van der Waals surface area (Å²) >= 11 is 0. The third kappa shape index (κ3) is 4.00. The predicted octanol–water partition coefficient (Wildman–Crippen LogP) is 11.8. The lowest BCUT2D eigenvalue weighted by atomic mass is 9.83. The second-order valence-electron chi connectivity index (χ2n) is 8.87. The summed E-state index contributed by atoms with van der Waals surface area (Å²) in [6.07, 6.45) is 0. The molecule has 0 radical (unpaired) electrons. The van der Waals surface area contributed by atoms with E-state index < -0.39 is 234 Å². The van der Waals surface area contributed by atoms with Gasteiger partial charge in [-0.15, -0.1) is 0 Å². The Bertz CT molecular complexity index is 3520. The van der Waals surface area contributed by atoms with Crippen LogP contribution in [0.25, 0.3) is 76.8 Å². The Kier molecular flexibility index (Phi) is 2.31. The maximum absolute atomic E-state index is 9.63. The smallest absolute Gasteiger partial charge is 0.0622 e. The highest BCUT2D eigenvalue weighted by molar-refractivity contribution is 6.24. The Balaban J connectivity index is 1.70. The number of rotatable bonds is 4. The van der Waals surface area contributed by atoms with E-state index >= 15 is 0 Å². The van der Waals surface area contributed by atoms with Crippen molar-refractivity contribution in [1.82, 2.24) is 0 Å². The summed E-state index contributed by atoms with van der Waals surface area (Å²) in [6.45, 7) is 0. The van der Waals surface area contributed by atoms with Gasteiger partial charge in [0, 0.05) is 0 Å². The van der Waals surface area contributed by atoms with Crippen molar-refractivity contribution < 1.29 is 35.6 Å². The van der Waals surface area contributed by atoms with Crippen LogP contribution in [0.3, 0.4) is 0 Å². The van der Waals surface area contributed by atoms with E-state index in [0.717, 1.165) is 12.1 Å². The Labute approximate surface area is 282 Å². The van der Waals surface area contributed by atoms with Crippen molar-refractivity contribution in [1.29, 1.82) is 0 Å². The fourth-order valence-corrected chi connectivity index (χ4v) is 4.85. The van der Waals surface area contributed by atoms with E-state index in [4.69, 9.17) is 23.3 Å². The molecule has 0 saturated carbocycles. The summed E-state index contributed by atoms with van der Waals surface area (Å²) in [5, 5.41) is -3.72. The van der Waals surface area contributed by atoms with E-state index in [1.807, 2.05) is 0 Å². The monoisotopic (exact) mass is 558 g/mol. The normalized spacial score (nSPS) is 20.0. The number of hydrogen-bond donors (Lipinski definition) is 0. The zero-order valence-electron chi connectivity index (χ0n) is 47.2. The first-order valence-corrected chi connectivity index (χ1v) is 12.4. The SMILES string of the molecule is [2H]c1c([2H])c([2H])c(-c2c([2H])c([2H])c(-c3c4c([2H])c([2H])c([2H])c([2H])c4c(-c4c([2H])c([2H])c(-c5c([2H])c([2H])c([2H])c([2H])c5[2H])c5c([2H])ccc([2H])c45)c4c([2H])c([2H])c([2H])c([2H])c34)c([2H])c2[2H])c([2H])c1[2H]. The zero-order valence-corrected chi connectivity index (χ0v) is 21.2. The summed E-state index contributed by atoms with van der Waals surface area (Å²) in [5.41, 5.74) is -5.50. The summed E-state index contributed by atoms with van der Waals surface area (Å²) < 4.78 is 231. The topological polar surface area (TPSA) is 0 Å². The van der Waals surface area contributed by atoms with Crippen molar-refractivity contribution in [3.63, 3.8) is 0 Å². The first-order valence-electron chi connectivity index (χ1n) is 25.4. The Hall–Kier alpha value is -5.46. The minimum Gasteiger partial charge on any atom is -0.0622 e. The fraction of sp³-hybridized carbons (Fsp3) is 0. The van der Waals surface area contributed by atoms with Crippen LogP contribution in [0.1, 0.15) is 35.6 Å². The van der Waals surface area contributed by atoms with Gasteiger partial charge in [-0.2, -0.15) is 0 Å². The third-order valence-electron chi connectivity index (χ3n) is 6.60. The second kappa shape index (κ2) is 10.2. The lowest BCUT2D eigenvalue weighted by molar-refractivity contribution is 1.61. The van der Waals surface area contributed by atoms with Gasteiger partial charge in [-0.05, 0) is 76.8 Å². The molecule has 0 aromatic heterocycles. The number of hydrogen-bond acceptors (Lipinski definition) is 0. The molecule has 8 aromatic carbocycles. The molecule has 0 fully saturated rings. The molecule has 196 valence electrons. The Morgan fingerprint density at radius 2 is 0.667 bits per heavy atom. The maximum atomic E-state index is 9.63. The highest BCUT2D eigenvalue weighted by atomic mass is 14.2. The van der Waals surface area contributed by atoms with Crippen molar-refractivity contribution in [2.24, 2.45) is 0 Å². The molecule has 0 atom stereocenters. The van der Waals surface area contributed by atoms with Crippen LogP contribution >= 0.6 is 0 Å². The molecule has 0 spiro atoms. The lowest BCUT2D eigenvalue weighted by Gasteiger charge is -2.20. The average Bonchev–Trinajstić information content (AvgIpc) is 3.31. The van der Waals surface area contributed by atoms with Crippen molar-refractivity contribution in [3.8, 4) is 44.5 Å². The van der Waals surface area contributed by atoms with Crippen molar-refractivity contribution in [3.05, 3.63) is 169 Å². The molecule has 0 amide bonds. The van der Waals surface area contributed by atoms with Crippen LogP contribution in [-0.2, 0) is 0 Å². The molecule has 0 unspecified atom stereocenters. The minimum atomic E-state index is -1.04. The van der Waals surface area contributed by atoms with E-state index in [-0.39, 0.29) is 0 Å². The van der Waals surface area contributed by atoms with Crippen LogP contribution in [0.4, 0.5) is 0 Å². The van der Waals surface area contributed by atoms with Gasteiger partial charge in [0.25, 0.3) is 0 Å². The summed E-state index contributed by atoms with van der Waals surface area (Å²) in [5.74, 6) is 0. The molecular weight excluding hydrogens is 504 g/mol. The molecule has 0 heteroatoms. The Morgan fingerprint density at radius 1 is 0.262 bits per heavy atom. The van der Waals surface area contributed by atoms with Gasteiger partial charge < -0.3 is 0 Å². The van der Waals surface area contributed by atoms with Crippen LogP contribution in [0, 0.1) is 0 Å².